The zero-order valence-corrected chi connectivity index (χ0v) is 12.4. The van der Waals surface area contributed by atoms with Crippen LogP contribution in [0.25, 0.3) is 22.2 Å². The summed E-state index contributed by atoms with van der Waals surface area (Å²) in [6.07, 6.45) is 0.0343. The van der Waals surface area contributed by atoms with Gasteiger partial charge in [-0.15, -0.1) is 0 Å². The van der Waals surface area contributed by atoms with Crippen LogP contribution in [0.3, 0.4) is 0 Å². The van der Waals surface area contributed by atoms with Crippen LogP contribution in [0.5, 0.6) is 17.2 Å². The Kier molecular flexibility index (Phi) is 3.59. The number of aromatic hydroxyl groups is 2. The molecule has 112 valence electrons. The van der Waals surface area contributed by atoms with Crippen molar-refractivity contribution < 1.29 is 14.9 Å². The second-order valence-corrected chi connectivity index (χ2v) is 5.39. The van der Waals surface area contributed by atoms with Crippen molar-refractivity contribution >= 4 is 10.9 Å². The Hall–Kier alpha value is -2.75. The molecule has 0 aliphatic rings. The van der Waals surface area contributed by atoms with Crippen molar-refractivity contribution in [1.29, 1.82) is 0 Å². The number of para-hydroxylation sites is 1. The van der Waals surface area contributed by atoms with Crippen LogP contribution in [0.1, 0.15) is 13.8 Å². The molecule has 0 saturated carbocycles. The quantitative estimate of drug-likeness (QED) is 0.763. The molecule has 3 rings (SSSR count). The van der Waals surface area contributed by atoms with Crippen molar-refractivity contribution in [3.8, 4) is 28.5 Å². The molecule has 0 aliphatic heterocycles. The summed E-state index contributed by atoms with van der Waals surface area (Å²) in [5, 5.41) is 20.4. The maximum Gasteiger partial charge on any atom is 0.131 e. The highest BCUT2D eigenvalue weighted by Gasteiger charge is 2.12. The predicted molar refractivity (Wildman–Crippen MR) is 86.3 cm³/mol. The van der Waals surface area contributed by atoms with Crippen molar-refractivity contribution in [2.24, 2.45) is 0 Å². The van der Waals surface area contributed by atoms with Gasteiger partial charge in [-0.05, 0) is 38.1 Å². The van der Waals surface area contributed by atoms with Gasteiger partial charge in [0.05, 0.1) is 17.3 Å². The Morgan fingerprint density at radius 1 is 1.00 bits per heavy atom. The van der Waals surface area contributed by atoms with E-state index in [1.807, 2.05) is 44.2 Å². The van der Waals surface area contributed by atoms with Gasteiger partial charge in [0, 0.05) is 23.1 Å². The van der Waals surface area contributed by atoms with Crippen LogP contribution < -0.4 is 4.74 Å². The van der Waals surface area contributed by atoms with Gasteiger partial charge in [0.1, 0.15) is 17.2 Å². The molecule has 0 saturated heterocycles. The first-order valence-corrected chi connectivity index (χ1v) is 7.13. The molecule has 3 aromatic rings. The number of hydrogen-bond acceptors (Lipinski definition) is 4. The number of phenolic OH excluding ortho intramolecular Hbond substituents is 2. The Morgan fingerprint density at radius 2 is 1.77 bits per heavy atom. The number of benzene rings is 2. The van der Waals surface area contributed by atoms with E-state index in [4.69, 9.17) is 4.74 Å². The third kappa shape index (κ3) is 2.68. The average molecular weight is 295 g/mol. The second-order valence-electron chi connectivity index (χ2n) is 5.39. The molecule has 0 atom stereocenters. The Bertz CT molecular complexity index is 828. The third-order valence-electron chi connectivity index (χ3n) is 3.30. The molecule has 2 aromatic carbocycles. The minimum absolute atomic E-state index is 0.0145. The number of fused-ring (bicyclic) bond motifs is 1. The summed E-state index contributed by atoms with van der Waals surface area (Å²) in [5.41, 5.74) is 1.95. The minimum atomic E-state index is -0.0155. The highest BCUT2D eigenvalue weighted by molar-refractivity contribution is 5.88. The normalized spacial score (nSPS) is 11.0. The molecule has 0 aliphatic carbocycles. The van der Waals surface area contributed by atoms with E-state index < -0.39 is 0 Å². The van der Waals surface area contributed by atoms with Crippen LogP contribution in [-0.4, -0.2) is 21.3 Å². The number of nitrogens with zero attached hydrogens (tertiary/aromatic N) is 1. The molecule has 2 N–H and O–H groups in total. The number of rotatable bonds is 3. The number of pyridine rings is 1. The molecule has 1 aromatic heterocycles. The van der Waals surface area contributed by atoms with Gasteiger partial charge in [0.2, 0.25) is 0 Å². The van der Waals surface area contributed by atoms with Gasteiger partial charge in [0.15, 0.2) is 0 Å². The van der Waals surface area contributed by atoms with E-state index in [-0.39, 0.29) is 17.6 Å². The molecule has 0 spiro atoms. The van der Waals surface area contributed by atoms with Crippen LogP contribution >= 0.6 is 0 Å². The van der Waals surface area contributed by atoms with Crippen LogP contribution in [0.15, 0.2) is 48.5 Å². The molecule has 4 heteroatoms. The van der Waals surface area contributed by atoms with Gasteiger partial charge in [0.25, 0.3) is 0 Å². The SMILES string of the molecule is CC(C)Oc1cc(-c2ccc(O)cc2O)nc2ccccc12. The standard InChI is InChI=1S/C18H17NO3/c1-11(2)22-18-10-16(13-8-7-12(20)9-17(13)21)19-15-6-4-3-5-14(15)18/h3-11,20-21H,1-2H3. The summed E-state index contributed by atoms with van der Waals surface area (Å²) in [5.74, 6) is 0.724. The number of hydrogen-bond donors (Lipinski definition) is 2. The Labute approximate surface area is 128 Å². The van der Waals surface area contributed by atoms with Gasteiger partial charge < -0.3 is 14.9 Å². The van der Waals surface area contributed by atoms with Crippen LogP contribution in [0.4, 0.5) is 0 Å². The number of phenols is 2. The highest BCUT2D eigenvalue weighted by atomic mass is 16.5. The summed E-state index contributed by atoms with van der Waals surface area (Å²) in [6.45, 7) is 3.93. The molecule has 0 unspecified atom stereocenters. The maximum absolute atomic E-state index is 10.0. The predicted octanol–water partition coefficient (Wildman–Crippen LogP) is 4.10. The first-order valence-electron chi connectivity index (χ1n) is 7.13. The molecular formula is C18H17NO3. The van der Waals surface area contributed by atoms with Crippen molar-refractivity contribution in [3.05, 3.63) is 48.5 Å². The lowest BCUT2D eigenvalue weighted by atomic mass is 10.1. The van der Waals surface area contributed by atoms with Gasteiger partial charge in [-0.2, -0.15) is 0 Å². The largest absolute Gasteiger partial charge is 0.508 e. The van der Waals surface area contributed by atoms with Gasteiger partial charge in [-0.3, -0.25) is 0 Å². The summed E-state index contributed by atoms with van der Waals surface area (Å²) < 4.78 is 5.88. The maximum atomic E-state index is 10.0. The highest BCUT2D eigenvalue weighted by Crippen LogP contribution is 2.35. The third-order valence-corrected chi connectivity index (χ3v) is 3.30. The van der Waals surface area contributed by atoms with E-state index in [1.54, 1.807) is 6.07 Å². The van der Waals surface area contributed by atoms with Crippen LogP contribution in [0.2, 0.25) is 0 Å². The topological polar surface area (TPSA) is 62.6 Å². The van der Waals surface area contributed by atoms with Crippen LogP contribution in [0, 0.1) is 0 Å². The van der Waals surface area contributed by atoms with Crippen molar-refractivity contribution in [3.63, 3.8) is 0 Å². The zero-order valence-electron chi connectivity index (χ0n) is 12.4. The molecule has 1 heterocycles. The van der Waals surface area contributed by atoms with Crippen molar-refractivity contribution in [2.45, 2.75) is 20.0 Å². The van der Waals surface area contributed by atoms with E-state index in [1.165, 1.54) is 12.1 Å². The zero-order chi connectivity index (χ0) is 15.7. The first-order chi connectivity index (χ1) is 10.5. The summed E-state index contributed by atoms with van der Waals surface area (Å²) in [7, 11) is 0. The average Bonchev–Trinajstić information content (AvgIpc) is 2.46. The summed E-state index contributed by atoms with van der Waals surface area (Å²) in [4.78, 5) is 4.58. The molecule has 0 radical (unpaired) electrons. The first kappa shape index (κ1) is 14.2. The number of aromatic nitrogens is 1. The van der Waals surface area contributed by atoms with Gasteiger partial charge in [-0.1, -0.05) is 12.1 Å². The van der Waals surface area contributed by atoms with Crippen LogP contribution in [-0.2, 0) is 0 Å². The van der Waals surface area contributed by atoms with E-state index in [0.717, 1.165) is 16.7 Å². The lowest BCUT2D eigenvalue weighted by molar-refractivity contribution is 0.245. The lowest BCUT2D eigenvalue weighted by Crippen LogP contribution is -2.06. The van der Waals surface area contributed by atoms with Gasteiger partial charge in [-0.25, -0.2) is 4.98 Å². The fraction of sp³-hybridized carbons (Fsp3) is 0.167. The summed E-state index contributed by atoms with van der Waals surface area (Å²) >= 11 is 0. The van der Waals surface area contributed by atoms with E-state index >= 15 is 0 Å². The Balaban J connectivity index is 2.22. The van der Waals surface area contributed by atoms with Gasteiger partial charge >= 0.3 is 0 Å². The van der Waals surface area contributed by atoms with Crippen molar-refractivity contribution in [1.82, 2.24) is 4.98 Å². The van der Waals surface area contributed by atoms with E-state index in [9.17, 15) is 10.2 Å². The molecular weight excluding hydrogens is 278 g/mol. The van der Waals surface area contributed by atoms with E-state index in [2.05, 4.69) is 4.98 Å². The van der Waals surface area contributed by atoms with E-state index in [0.29, 0.717) is 11.3 Å². The molecule has 0 fully saturated rings. The fourth-order valence-electron chi connectivity index (χ4n) is 2.37. The molecule has 0 amide bonds. The Morgan fingerprint density at radius 3 is 2.50 bits per heavy atom. The molecule has 22 heavy (non-hydrogen) atoms. The second kappa shape index (κ2) is 5.56. The monoisotopic (exact) mass is 295 g/mol. The smallest absolute Gasteiger partial charge is 0.131 e. The van der Waals surface area contributed by atoms with Crippen molar-refractivity contribution in [2.75, 3.05) is 0 Å². The molecule has 4 nitrogen and oxygen atoms in total. The fourth-order valence-corrected chi connectivity index (χ4v) is 2.37. The summed E-state index contributed by atoms with van der Waals surface area (Å²) in [6, 6.07) is 14.0. The lowest BCUT2D eigenvalue weighted by Gasteiger charge is -2.14. The number of ether oxygens (including phenoxy) is 1. The minimum Gasteiger partial charge on any atom is -0.508 e. The molecule has 0 bridgehead atoms.